The molecule has 3 aromatic carbocycles. The number of amides is 1. The highest BCUT2D eigenvalue weighted by atomic mass is 35.5. The van der Waals surface area contributed by atoms with Crippen LogP contribution in [0, 0.1) is 20.8 Å². The molecular formula is C25H25ClN2O6S. The fourth-order valence-corrected chi connectivity index (χ4v) is 5.12. The lowest BCUT2D eigenvalue weighted by Gasteiger charge is -2.15. The average molecular weight is 517 g/mol. The maximum absolute atomic E-state index is 13.0. The number of nitrogens with one attached hydrogen (secondary N) is 2. The second-order valence-corrected chi connectivity index (χ2v) is 10.2. The van der Waals surface area contributed by atoms with Crippen molar-refractivity contribution < 1.29 is 28.2 Å². The number of halogens is 1. The number of carbonyl (C=O) groups is 2. The average Bonchev–Trinajstić information content (AvgIpc) is 2.79. The van der Waals surface area contributed by atoms with Gasteiger partial charge in [0.2, 0.25) is 0 Å². The Morgan fingerprint density at radius 2 is 1.63 bits per heavy atom. The standard InChI is InChI=1S/C25H25ClN2O6S/c1-14-9-18(7-8-20(14)24(30)27-22(13-29)25(31)32)17-5-4-6-19(12-17)28-35(33,34)23-11-15(2)21(26)10-16(23)3/h4-12,22,28-29H,13H2,1-3H3,(H,27,30)(H,31,32)/t22-/m0/s1. The third kappa shape index (κ3) is 6.00. The van der Waals surface area contributed by atoms with Crippen LogP contribution in [0.25, 0.3) is 11.1 Å². The Balaban J connectivity index is 1.86. The van der Waals surface area contributed by atoms with Crippen molar-refractivity contribution in [2.45, 2.75) is 31.7 Å². The summed E-state index contributed by atoms with van der Waals surface area (Å²) in [7, 11) is -3.86. The first-order valence-electron chi connectivity index (χ1n) is 10.6. The number of carboxylic acid groups (broad SMARTS) is 1. The molecule has 0 fully saturated rings. The summed E-state index contributed by atoms with van der Waals surface area (Å²) in [5, 5.41) is 20.9. The first kappa shape index (κ1) is 26.2. The number of sulfonamides is 1. The number of aliphatic hydroxyl groups excluding tert-OH is 1. The van der Waals surface area contributed by atoms with Crippen LogP contribution >= 0.6 is 11.6 Å². The summed E-state index contributed by atoms with van der Waals surface area (Å²) < 4.78 is 28.6. The van der Waals surface area contributed by atoms with Crippen molar-refractivity contribution >= 4 is 39.2 Å². The normalized spacial score (nSPS) is 12.1. The lowest BCUT2D eigenvalue weighted by atomic mass is 9.99. The largest absolute Gasteiger partial charge is 0.480 e. The molecule has 35 heavy (non-hydrogen) atoms. The van der Waals surface area contributed by atoms with Crippen molar-refractivity contribution in [2.24, 2.45) is 0 Å². The molecular weight excluding hydrogens is 492 g/mol. The lowest BCUT2D eigenvalue weighted by molar-refractivity contribution is -0.140. The molecule has 0 unspecified atom stereocenters. The predicted molar refractivity (Wildman–Crippen MR) is 134 cm³/mol. The number of carboxylic acids is 1. The SMILES string of the molecule is Cc1cc(S(=O)(=O)Nc2cccc(-c3ccc(C(=O)N[C@@H](CO)C(=O)O)c(C)c3)c2)c(C)cc1Cl. The topological polar surface area (TPSA) is 133 Å². The highest BCUT2D eigenvalue weighted by molar-refractivity contribution is 7.92. The molecule has 0 saturated carbocycles. The summed E-state index contributed by atoms with van der Waals surface area (Å²) in [6.07, 6.45) is 0. The van der Waals surface area contributed by atoms with Gasteiger partial charge in [0.25, 0.3) is 15.9 Å². The molecule has 0 radical (unpaired) electrons. The van der Waals surface area contributed by atoms with Crippen LogP contribution in [0.1, 0.15) is 27.0 Å². The van der Waals surface area contributed by atoms with E-state index in [-0.39, 0.29) is 10.5 Å². The van der Waals surface area contributed by atoms with Gasteiger partial charge in [0.05, 0.1) is 11.5 Å². The van der Waals surface area contributed by atoms with Crippen LogP contribution in [0.4, 0.5) is 5.69 Å². The predicted octanol–water partition coefficient (Wildman–Crippen LogP) is 3.91. The molecule has 3 aromatic rings. The highest BCUT2D eigenvalue weighted by Crippen LogP contribution is 2.28. The minimum Gasteiger partial charge on any atom is -0.480 e. The van der Waals surface area contributed by atoms with Gasteiger partial charge in [-0.1, -0.05) is 35.9 Å². The van der Waals surface area contributed by atoms with Crippen molar-refractivity contribution in [1.82, 2.24) is 5.32 Å². The third-order valence-electron chi connectivity index (χ3n) is 5.45. The van der Waals surface area contributed by atoms with Gasteiger partial charge in [0.1, 0.15) is 0 Å². The first-order valence-corrected chi connectivity index (χ1v) is 12.4. The van der Waals surface area contributed by atoms with E-state index in [1.54, 1.807) is 69.3 Å². The summed E-state index contributed by atoms with van der Waals surface area (Å²) in [5.41, 5.74) is 3.83. The minimum atomic E-state index is -3.86. The monoisotopic (exact) mass is 516 g/mol. The van der Waals surface area contributed by atoms with Crippen LogP contribution in [-0.4, -0.2) is 43.2 Å². The van der Waals surface area contributed by atoms with Crippen LogP contribution in [0.15, 0.2) is 59.5 Å². The second kappa shape index (κ2) is 10.5. The van der Waals surface area contributed by atoms with E-state index in [1.807, 2.05) is 0 Å². The van der Waals surface area contributed by atoms with E-state index in [4.69, 9.17) is 21.8 Å². The van der Waals surface area contributed by atoms with Crippen molar-refractivity contribution in [3.8, 4) is 11.1 Å². The quantitative estimate of drug-likeness (QED) is 0.359. The zero-order valence-electron chi connectivity index (χ0n) is 19.3. The van der Waals surface area contributed by atoms with E-state index in [0.29, 0.717) is 33.0 Å². The molecule has 0 bridgehead atoms. The maximum atomic E-state index is 13.0. The Kier molecular flexibility index (Phi) is 7.84. The Bertz CT molecular complexity index is 1410. The van der Waals surface area contributed by atoms with Gasteiger partial charge in [-0.2, -0.15) is 0 Å². The number of hydrogen-bond donors (Lipinski definition) is 4. The number of aliphatic hydroxyl groups is 1. The Morgan fingerprint density at radius 1 is 0.943 bits per heavy atom. The molecule has 0 aliphatic heterocycles. The van der Waals surface area contributed by atoms with E-state index in [9.17, 15) is 18.0 Å². The molecule has 1 atom stereocenters. The third-order valence-corrected chi connectivity index (χ3v) is 7.38. The Morgan fingerprint density at radius 3 is 2.26 bits per heavy atom. The van der Waals surface area contributed by atoms with Crippen molar-refractivity contribution in [3.63, 3.8) is 0 Å². The number of aliphatic carboxylic acids is 1. The van der Waals surface area contributed by atoms with Crippen LogP contribution in [0.3, 0.4) is 0 Å². The molecule has 4 N–H and O–H groups in total. The van der Waals surface area contributed by atoms with Crippen molar-refractivity contribution in [2.75, 3.05) is 11.3 Å². The van der Waals surface area contributed by atoms with Gasteiger partial charge in [-0.25, -0.2) is 13.2 Å². The number of rotatable bonds is 8. The molecule has 0 heterocycles. The number of hydrogen-bond acceptors (Lipinski definition) is 5. The smallest absolute Gasteiger partial charge is 0.328 e. The van der Waals surface area contributed by atoms with Gasteiger partial charge < -0.3 is 15.5 Å². The van der Waals surface area contributed by atoms with Crippen LogP contribution in [-0.2, 0) is 14.8 Å². The van der Waals surface area contributed by atoms with Crippen LogP contribution in [0.5, 0.6) is 0 Å². The lowest BCUT2D eigenvalue weighted by Crippen LogP contribution is -2.43. The van der Waals surface area contributed by atoms with Gasteiger partial charge in [0, 0.05) is 16.3 Å². The maximum Gasteiger partial charge on any atom is 0.328 e. The Hall–Kier alpha value is -3.40. The van der Waals surface area contributed by atoms with Gasteiger partial charge in [-0.15, -0.1) is 0 Å². The Labute approximate surface area is 208 Å². The zero-order chi connectivity index (χ0) is 25.9. The molecule has 0 saturated heterocycles. The molecule has 0 aromatic heterocycles. The molecule has 8 nitrogen and oxygen atoms in total. The van der Waals surface area contributed by atoms with Crippen molar-refractivity contribution in [1.29, 1.82) is 0 Å². The van der Waals surface area contributed by atoms with Crippen LogP contribution < -0.4 is 10.0 Å². The summed E-state index contributed by atoms with van der Waals surface area (Å²) in [6, 6.07) is 13.5. The van der Waals surface area contributed by atoms with E-state index < -0.39 is 34.5 Å². The van der Waals surface area contributed by atoms with Gasteiger partial charge in [0.15, 0.2) is 6.04 Å². The van der Waals surface area contributed by atoms with E-state index in [1.165, 1.54) is 6.07 Å². The van der Waals surface area contributed by atoms with Gasteiger partial charge in [-0.05, 0) is 78.9 Å². The zero-order valence-corrected chi connectivity index (χ0v) is 20.9. The molecule has 0 spiro atoms. The number of anilines is 1. The molecule has 0 aliphatic rings. The molecule has 184 valence electrons. The summed E-state index contributed by atoms with van der Waals surface area (Å²) in [4.78, 5) is 23.6. The number of carbonyl (C=O) groups excluding carboxylic acids is 1. The molecule has 10 heteroatoms. The molecule has 1 amide bonds. The van der Waals surface area contributed by atoms with Gasteiger partial charge in [-0.3, -0.25) is 9.52 Å². The van der Waals surface area contributed by atoms with Crippen molar-refractivity contribution in [3.05, 3.63) is 81.9 Å². The fourth-order valence-electron chi connectivity index (χ4n) is 3.54. The second-order valence-electron chi connectivity index (χ2n) is 8.13. The molecule has 0 aliphatic carbocycles. The van der Waals surface area contributed by atoms with E-state index >= 15 is 0 Å². The number of benzene rings is 3. The minimum absolute atomic E-state index is 0.138. The van der Waals surface area contributed by atoms with Gasteiger partial charge >= 0.3 is 5.97 Å². The van der Waals surface area contributed by atoms with E-state index in [0.717, 1.165) is 5.56 Å². The van der Waals surface area contributed by atoms with Crippen LogP contribution in [0.2, 0.25) is 5.02 Å². The number of aryl methyl sites for hydroxylation is 3. The summed E-state index contributed by atoms with van der Waals surface area (Å²) >= 11 is 6.10. The first-order chi connectivity index (χ1) is 16.4. The fraction of sp³-hybridized carbons (Fsp3) is 0.200. The summed E-state index contributed by atoms with van der Waals surface area (Å²) in [5.74, 6) is -1.95. The van der Waals surface area contributed by atoms with E-state index in [2.05, 4.69) is 10.0 Å². The highest BCUT2D eigenvalue weighted by Gasteiger charge is 2.21. The summed E-state index contributed by atoms with van der Waals surface area (Å²) in [6.45, 7) is 4.39. The molecule has 3 rings (SSSR count).